The van der Waals surface area contributed by atoms with E-state index in [-0.39, 0.29) is 11.7 Å². The molecule has 0 saturated carbocycles. The smallest absolute Gasteiger partial charge is 0.256 e. The highest BCUT2D eigenvalue weighted by Crippen LogP contribution is 2.35. The van der Waals surface area contributed by atoms with Crippen molar-refractivity contribution in [2.75, 3.05) is 31.5 Å². The molecule has 3 rings (SSSR count). The first-order valence-corrected chi connectivity index (χ1v) is 10.5. The number of aromatic amines is 1. The number of nitrogens with zero attached hydrogens (tertiary/aromatic N) is 1. The minimum atomic E-state index is -0.357. The van der Waals surface area contributed by atoms with Crippen molar-refractivity contribution >= 4 is 28.9 Å². The number of anilines is 1. The zero-order valence-corrected chi connectivity index (χ0v) is 18.4. The Kier molecular flexibility index (Phi) is 6.77. The highest BCUT2D eigenvalue weighted by atomic mass is 19.1. The fourth-order valence-corrected chi connectivity index (χ4v) is 3.99. The first-order chi connectivity index (χ1) is 14.4. The first kappa shape index (κ1) is 21.8. The van der Waals surface area contributed by atoms with E-state index in [0.29, 0.717) is 16.8 Å². The van der Waals surface area contributed by atoms with Crippen molar-refractivity contribution in [3.8, 4) is 0 Å². The molecular formula is C24H31FN4O. The van der Waals surface area contributed by atoms with Crippen molar-refractivity contribution < 1.29 is 9.18 Å². The van der Waals surface area contributed by atoms with Crippen molar-refractivity contribution in [2.45, 2.75) is 34.6 Å². The molecule has 2 heterocycles. The molecule has 1 aromatic heterocycles. The molecule has 30 heavy (non-hydrogen) atoms. The largest absolute Gasteiger partial charge is 0.383 e. The number of fused-ring (bicyclic) bond motifs is 1. The normalized spacial score (nSPS) is 15.1. The Morgan fingerprint density at radius 2 is 1.97 bits per heavy atom. The Morgan fingerprint density at radius 1 is 1.23 bits per heavy atom. The number of benzene rings is 1. The second-order valence-electron chi connectivity index (χ2n) is 7.52. The van der Waals surface area contributed by atoms with Crippen molar-refractivity contribution in [2.24, 2.45) is 0 Å². The van der Waals surface area contributed by atoms with Gasteiger partial charge in [0.1, 0.15) is 5.82 Å². The van der Waals surface area contributed by atoms with Crippen LogP contribution in [0.1, 0.15) is 48.8 Å². The summed E-state index contributed by atoms with van der Waals surface area (Å²) in [4.78, 5) is 18.2. The maximum absolute atomic E-state index is 13.7. The molecule has 0 fully saturated rings. The summed E-state index contributed by atoms with van der Waals surface area (Å²) in [5, 5.41) is 6.36. The molecule has 1 amide bonds. The molecule has 0 spiro atoms. The van der Waals surface area contributed by atoms with Gasteiger partial charge in [0.05, 0.1) is 5.57 Å². The lowest BCUT2D eigenvalue weighted by atomic mass is 10.0. The Balaban J connectivity index is 1.88. The third-order valence-corrected chi connectivity index (χ3v) is 5.73. The highest BCUT2D eigenvalue weighted by Gasteiger charge is 2.25. The average Bonchev–Trinajstić information content (AvgIpc) is 3.18. The third-order valence-electron chi connectivity index (χ3n) is 5.73. The summed E-state index contributed by atoms with van der Waals surface area (Å²) < 4.78 is 13.7. The molecule has 0 atom stereocenters. The van der Waals surface area contributed by atoms with Crippen molar-refractivity contribution in [3.63, 3.8) is 0 Å². The van der Waals surface area contributed by atoms with Gasteiger partial charge in [0.2, 0.25) is 0 Å². The van der Waals surface area contributed by atoms with Gasteiger partial charge in [-0.3, -0.25) is 4.79 Å². The highest BCUT2D eigenvalue weighted by molar-refractivity contribution is 6.34. The van der Waals surface area contributed by atoms with E-state index >= 15 is 0 Å². The Morgan fingerprint density at radius 3 is 2.63 bits per heavy atom. The van der Waals surface area contributed by atoms with Gasteiger partial charge in [-0.1, -0.05) is 19.9 Å². The van der Waals surface area contributed by atoms with Crippen molar-refractivity contribution in [1.82, 2.24) is 15.2 Å². The van der Waals surface area contributed by atoms with Crippen LogP contribution in [0.15, 0.2) is 24.3 Å². The first-order valence-electron chi connectivity index (χ1n) is 10.5. The van der Waals surface area contributed by atoms with Gasteiger partial charge in [0.25, 0.3) is 5.91 Å². The van der Waals surface area contributed by atoms with E-state index in [9.17, 15) is 9.18 Å². The van der Waals surface area contributed by atoms with Crippen LogP contribution < -0.4 is 10.6 Å². The number of aromatic nitrogens is 1. The Bertz CT molecular complexity index is 999. The number of carbonyl (C=O) groups is 1. The molecule has 6 heteroatoms. The quantitative estimate of drug-likeness (QED) is 0.559. The van der Waals surface area contributed by atoms with Gasteiger partial charge < -0.3 is 20.5 Å². The van der Waals surface area contributed by atoms with Gasteiger partial charge in [-0.15, -0.1) is 0 Å². The minimum absolute atomic E-state index is 0.215. The third kappa shape index (κ3) is 4.33. The van der Waals surface area contributed by atoms with Crippen molar-refractivity contribution in [3.05, 3.63) is 58.2 Å². The van der Waals surface area contributed by atoms with E-state index < -0.39 is 0 Å². The van der Waals surface area contributed by atoms with Crippen LogP contribution in [0.5, 0.6) is 0 Å². The Hall–Kier alpha value is -2.86. The minimum Gasteiger partial charge on any atom is -0.383 e. The molecule has 0 aliphatic carbocycles. The number of likely N-dealkylation sites (N-methyl/N-ethyl adjacent to an activating group) is 1. The summed E-state index contributed by atoms with van der Waals surface area (Å²) in [5.74, 6) is -0.572. The fourth-order valence-electron chi connectivity index (χ4n) is 3.99. The summed E-state index contributed by atoms with van der Waals surface area (Å²) in [6.07, 6.45) is 3.89. The van der Waals surface area contributed by atoms with Crippen molar-refractivity contribution in [1.29, 1.82) is 0 Å². The molecule has 5 nitrogen and oxygen atoms in total. The molecule has 1 aliphatic heterocycles. The van der Waals surface area contributed by atoms with E-state index in [2.05, 4.69) is 40.4 Å². The van der Waals surface area contributed by atoms with Crippen LogP contribution in [0.4, 0.5) is 10.1 Å². The molecule has 0 saturated heterocycles. The van der Waals surface area contributed by atoms with Crippen LogP contribution in [-0.2, 0) is 4.79 Å². The van der Waals surface area contributed by atoms with E-state index in [4.69, 9.17) is 0 Å². The number of allylic oxidation sites excluding steroid dienone is 1. The van der Waals surface area contributed by atoms with Crippen LogP contribution in [0.3, 0.4) is 0 Å². The molecule has 1 aliphatic rings. The van der Waals surface area contributed by atoms with Gasteiger partial charge in [0, 0.05) is 47.0 Å². The summed E-state index contributed by atoms with van der Waals surface area (Å²) in [5.41, 5.74) is 6.83. The molecule has 0 unspecified atom stereocenters. The zero-order valence-electron chi connectivity index (χ0n) is 18.4. The maximum atomic E-state index is 13.7. The number of hydrogen-bond acceptors (Lipinski definition) is 3. The molecule has 2 aromatic rings. The lowest BCUT2D eigenvalue weighted by Gasteiger charge is -2.19. The standard InChI is InChI=1S/C24H31FN4O/c1-6-20(26-11-12-29(7-2)8-3)23-15(4)22(27-16(23)5)14-19-18-13-17(25)9-10-21(18)28-24(19)30/h6,9-10,13-14,26-27H,7-8,11-12H2,1-5H3,(H,28,30)/b19-14-,20-6-. The number of halogens is 1. The fraction of sp³-hybridized carbons (Fsp3) is 0.375. The number of carbonyl (C=O) groups excluding carboxylic acids is 1. The van der Waals surface area contributed by atoms with Gasteiger partial charge in [-0.05, 0) is 63.7 Å². The molecular weight excluding hydrogens is 379 g/mol. The van der Waals surface area contributed by atoms with Gasteiger partial charge in [-0.2, -0.15) is 0 Å². The SMILES string of the molecule is C/C=C(\NCCN(CC)CC)c1c(C)[nH]c(/C=C2\C(=O)Nc3ccc(F)cc32)c1C. The Labute approximate surface area is 178 Å². The topological polar surface area (TPSA) is 60.2 Å². The molecule has 160 valence electrons. The van der Waals surface area contributed by atoms with Gasteiger partial charge in [-0.25, -0.2) is 4.39 Å². The monoisotopic (exact) mass is 410 g/mol. The number of hydrogen-bond donors (Lipinski definition) is 3. The predicted molar refractivity (Wildman–Crippen MR) is 123 cm³/mol. The number of nitrogens with one attached hydrogen (secondary N) is 3. The number of aryl methyl sites for hydroxylation is 1. The number of amides is 1. The molecule has 3 N–H and O–H groups in total. The summed E-state index contributed by atoms with van der Waals surface area (Å²) in [7, 11) is 0. The predicted octanol–water partition coefficient (Wildman–Crippen LogP) is 4.56. The van der Waals surface area contributed by atoms with Crippen LogP contribution in [0.25, 0.3) is 17.3 Å². The maximum Gasteiger partial charge on any atom is 0.256 e. The summed E-state index contributed by atoms with van der Waals surface area (Å²) >= 11 is 0. The number of rotatable bonds is 8. The van der Waals surface area contributed by atoms with E-state index in [1.807, 2.05) is 26.8 Å². The zero-order chi connectivity index (χ0) is 21.8. The van der Waals surface area contributed by atoms with Crippen LogP contribution in [0.2, 0.25) is 0 Å². The lowest BCUT2D eigenvalue weighted by molar-refractivity contribution is -0.110. The molecule has 0 bridgehead atoms. The molecule has 1 aromatic carbocycles. The average molecular weight is 411 g/mol. The van der Waals surface area contributed by atoms with Crippen LogP contribution in [-0.4, -0.2) is 42.0 Å². The van der Waals surface area contributed by atoms with Crippen LogP contribution >= 0.6 is 0 Å². The van der Waals surface area contributed by atoms with Crippen LogP contribution in [0, 0.1) is 19.7 Å². The molecule has 0 radical (unpaired) electrons. The van der Waals surface area contributed by atoms with Gasteiger partial charge >= 0.3 is 0 Å². The lowest BCUT2D eigenvalue weighted by Crippen LogP contribution is -2.31. The summed E-state index contributed by atoms with van der Waals surface area (Å²) in [6.45, 7) is 14.3. The second kappa shape index (κ2) is 9.30. The summed E-state index contributed by atoms with van der Waals surface area (Å²) in [6, 6.07) is 4.35. The number of H-pyrrole nitrogens is 1. The van der Waals surface area contributed by atoms with Gasteiger partial charge in [0.15, 0.2) is 0 Å². The van der Waals surface area contributed by atoms with E-state index in [1.54, 1.807) is 6.07 Å². The van der Waals surface area contributed by atoms with E-state index in [1.165, 1.54) is 12.1 Å². The second-order valence-corrected chi connectivity index (χ2v) is 7.52. The van der Waals surface area contributed by atoms with E-state index in [0.717, 1.165) is 54.4 Å².